The number of esters is 1. The van der Waals surface area contributed by atoms with Crippen LogP contribution in [0.25, 0.3) is 0 Å². The standard InChI is InChI=1S/C30H30F3NO6/c1-4-37-25-13-11-20(16-27(35)38-5-2)15-26(25)39-24-14-12-23(30(31,32)33)17-22(24)18-34-19(3)28(40-29(34)36)21-9-7-6-8-10-21/h6-15,17,19,28H,4-5,16,18H2,1-3H3/t19-,28-/m1/s1. The van der Waals surface area contributed by atoms with Gasteiger partial charge in [-0.1, -0.05) is 36.4 Å². The molecule has 1 amide bonds. The summed E-state index contributed by atoms with van der Waals surface area (Å²) in [6.45, 7) is 5.62. The minimum absolute atomic E-state index is 0.0194. The highest BCUT2D eigenvalue weighted by molar-refractivity contribution is 5.73. The molecule has 2 atom stereocenters. The lowest BCUT2D eigenvalue weighted by molar-refractivity contribution is -0.142. The fraction of sp³-hybridized carbons (Fsp3) is 0.333. The van der Waals surface area contributed by atoms with E-state index in [0.29, 0.717) is 17.9 Å². The molecule has 10 heteroatoms. The topological polar surface area (TPSA) is 74.3 Å². The second-order valence-electron chi connectivity index (χ2n) is 9.20. The first-order valence-electron chi connectivity index (χ1n) is 12.9. The molecule has 0 aliphatic carbocycles. The summed E-state index contributed by atoms with van der Waals surface area (Å²) in [5.74, 6) is 0.232. The predicted octanol–water partition coefficient (Wildman–Crippen LogP) is 7.08. The van der Waals surface area contributed by atoms with Gasteiger partial charge < -0.3 is 18.9 Å². The van der Waals surface area contributed by atoms with Gasteiger partial charge in [0.2, 0.25) is 0 Å². The maximum atomic E-state index is 13.7. The van der Waals surface area contributed by atoms with E-state index in [1.807, 2.05) is 30.3 Å². The molecule has 0 unspecified atom stereocenters. The summed E-state index contributed by atoms with van der Waals surface area (Å²) >= 11 is 0. The molecular formula is C30H30F3NO6. The van der Waals surface area contributed by atoms with Crippen LogP contribution in [0.1, 0.15) is 49.1 Å². The van der Waals surface area contributed by atoms with Gasteiger partial charge >= 0.3 is 18.2 Å². The fourth-order valence-corrected chi connectivity index (χ4v) is 4.48. The number of hydrogen-bond acceptors (Lipinski definition) is 6. The van der Waals surface area contributed by atoms with Crippen molar-refractivity contribution in [3.8, 4) is 17.2 Å². The lowest BCUT2D eigenvalue weighted by atomic mass is 10.0. The normalized spacial score (nSPS) is 16.9. The summed E-state index contributed by atoms with van der Waals surface area (Å²) < 4.78 is 63.4. The Kier molecular flexibility index (Phi) is 8.86. The largest absolute Gasteiger partial charge is 0.490 e. The monoisotopic (exact) mass is 557 g/mol. The third-order valence-corrected chi connectivity index (χ3v) is 6.43. The third-order valence-electron chi connectivity index (χ3n) is 6.43. The minimum Gasteiger partial charge on any atom is -0.490 e. The van der Waals surface area contributed by atoms with Gasteiger partial charge in [-0.3, -0.25) is 9.69 Å². The highest BCUT2D eigenvalue weighted by Crippen LogP contribution is 2.40. The highest BCUT2D eigenvalue weighted by Gasteiger charge is 2.40. The Bertz CT molecular complexity index is 1350. The van der Waals surface area contributed by atoms with Gasteiger partial charge in [0.15, 0.2) is 11.5 Å². The molecule has 3 aromatic carbocycles. The summed E-state index contributed by atoms with van der Waals surface area (Å²) in [5.41, 5.74) is 0.611. The first kappa shape index (κ1) is 28.8. The smallest absolute Gasteiger partial charge is 0.416 e. The molecule has 1 aliphatic rings. The number of amides is 1. The summed E-state index contributed by atoms with van der Waals surface area (Å²) in [4.78, 5) is 26.2. The molecule has 1 heterocycles. The molecule has 0 bridgehead atoms. The van der Waals surface area contributed by atoms with Gasteiger partial charge in [0.25, 0.3) is 0 Å². The van der Waals surface area contributed by atoms with E-state index in [1.165, 1.54) is 11.0 Å². The van der Waals surface area contributed by atoms with Gasteiger partial charge in [0.1, 0.15) is 11.9 Å². The van der Waals surface area contributed by atoms with Gasteiger partial charge in [-0.25, -0.2) is 4.79 Å². The molecule has 0 N–H and O–H groups in total. The van der Waals surface area contributed by atoms with Crippen molar-refractivity contribution in [3.05, 3.63) is 89.0 Å². The summed E-state index contributed by atoms with van der Waals surface area (Å²) in [5, 5.41) is 0. The number of carbonyl (C=O) groups is 2. The number of benzene rings is 3. The van der Waals surface area contributed by atoms with E-state index in [0.717, 1.165) is 17.7 Å². The van der Waals surface area contributed by atoms with Gasteiger partial charge in [-0.05, 0) is 62.2 Å². The molecule has 0 spiro atoms. The maximum absolute atomic E-state index is 13.7. The Balaban J connectivity index is 1.68. The predicted molar refractivity (Wildman–Crippen MR) is 140 cm³/mol. The van der Waals surface area contributed by atoms with E-state index in [-0.39, 0.29) is 36.6 Å². The average Bonchev–Trinajstić information content (AvgIpc) is 3.19. The number of nitrogens with zero attached hydrogens (tertiary/aromatic N) is 1. The molecule has 0 saturated carbocycles. The van der Waals surface area contributed by atoms with Crippen LogP contribution in [0.4, 0.5) is 18.0 Å². The number of alkyl halides is 3. The number of hydrogen-bond donors (Lipinski definition) is 0. The van der Waals surface area contributed by atoms with Crippen LogP contribution in [0.3, 0.4) is 0 Å². The average molecular weight is 558 g/mol. The number of cyclic esters (lactones) is 1. The Morgan fingerprint density at radius 1 is 0.950 bits per heavy atom. The molecule has 40 heavy (non-hydrogen) atoms. The fourth-order valence-electron chi connectivity index (χ4n) is 4.48. The van der Waals surface area contributed by atoms with Crippen molar-refractivity contribution in [3.63, 3.8) is 0 Å². The highest BCUT2D eigenvalue weighted by atomic mass is 19.4. The van der Waals surface area contributed by atoms with E-state index in [4.69, 9.17) is 18.9 Å². The van der Waals surface area contributed by atoms with E-state index >= 15 is 0 Å². The number of ether oxygens (including phenoxy) is 4. The lowest BCUT2D eigenvalue weighted by Crippen LogP contribution is -2.31. The Morgan fingerprint density at radius 3 is 2.35 bits per heavy atom. The Hall–Kier alpha value is -4.21. The van der Waals surface area contributed by atoms with Gasteiger partial charge in [-0.15, -0.1) is 0 Å². The molecule has 1 fully saturated rings. The summed E-state index contributed by atoms with van der Waals surface area (Å²) in [6.07, 6.45) is -5.84. The third kappa shape index (κ3) is 6.67. The lowest BCUT2D eigenvalue weighted by Gasteiger charge is -2.23. The molecule has 4 rings (SSSR count). The quantitative estimate of drug-likeness (QED) is 0.248. The number of rotatable bonds is 10. The molecule has 212 valence electrons. The molecule has 1 aliphatic heterocycles. The SMILES string of the molecule is CCOC(=O)Cc1ccc(OCC)c(Oc2ccc(C(F)(F)F)cc2CN2C(=O)O[C@@H](c3ccccc3)[C@H]2C)c1. The number of halogens is 3. The van der Waals surface area contributed by atoms with E-state index in [9.17, 15) is 22.8 Å². The molecule has 0 radical (unpaired) electrons. The van der Waals surface area contributed by atoms with E-state index in [1.54, 1.807) is 39.0 Å². The van der Waals surface area contributed by atoms with Gasteiger partial charge in [-0.2, -0.15) is 13.2 Å². The van der Waals surface area contributed by atoms with Crippen LogP contribution >= 0.6 is 0 Å². The summed E-state index contributed by atoms with van der Waals surface area (Å²) in [6, 6.07) is 16.7. The minimum atomic E-state index is -4.60. The zero-order chi connectivity index (χ0) is 28.9. The van der Waals surface area contributed by atoms with Crippen molar-refractivity contribution < 1.29 is 41.7 Å². The summed E-state index contributed by atoms with van der Waals surface area (Å²) in [7, 11) is 0. The zero-order valence-corrected chi connectivity index (χ0v) is 22.4. The second kappa shape index (κ2) is 12.3. The first-order valence-corrected chi connectivity index (χ1v) is 12.9. The van der Waals surface area contributed by atoms with Crippen LogP contribution in [0.15, 0.2) is 66.7 Å². The van der Waals surface area contributed by atoms with Crippen LogP contribution in [0, 0.1) is 0 Å². The maximum Gasteiger partial charge on any atom is 0.416 e. The second-order valence-corrected chi connectivity index (χ2v) is 9.20. The van der Waals surface area contributed by atoms with Crippen LogP contribution in [0.2, 0.25) is 0 Å². The van der Waals surface area contributed by atoms with Gasteiger partial charge in [0.05, 0.1) is 37.8 Å². The van der Waals surface area contributed by atoms with Crippen molar-refractivity contribution in [2.75, 3.05) is 13.2 Å². The van der Waals surface area contributed by atoms with Crippen molar-refractivity contribution >= 4 is 12.1 Å². The van der Waals surface area contributed by atoms with E-state index in [2.05, 4.69) is 0 Å². The molecule has 0 aromatic heterocycles. The first-order chi connectivity index (χ1) is 19.1. The molecule has 3 aromatic rings. The zero-order valence-electron chi connectivity index (χ0n) is 22.4. The van der Waals surface area contributed by atoms with E-state index < -0.39 is 35.9 Å². The molecular weight excluding hydrogens is 527 g/mol. The van der Waals surface area contributed by atoms with Crippen LogP contribution in [-0.4, -0.2) is 36.2 Å². The Morgan fingerprint density at radius 2 is 1.68 bits per heavy atom. The van der Waals surface area contributed by atoms with Crippen molar-refractivity contribution in [1.82, 2.24) is 4.90 Å². The van der Waals surface area contributed by atoms with Crippen molar-refractivity contribution in [1.29, 1.82) is 0 Å². The molecule has 7 nitrogen and oxygen atoms in total. The van der Waals surface area contributed by atoms with Crippen molar-refractivity contribution in [2.24, 2.45) is 0 Å². The van der Waals surface area contributed by atoms with Crippen LogP contribution in [-0.2, 0) is 33.4 Å². The van der Waals surface area contributed by atoms with Gasteiger partial charge in [0, 0.05) is 5.56 Å². The molecule has 1 saturated heterocycles. The van der Waals surface area contributed by atoms with Crippen molar-refractivity contribution in [2.45, 2.75) is 52.1 Å². The Labute approximate surface area is 230 Å². The number of carbonyl (C=O) groups excluding carboxylic acids is 2. The van der Waals surface area contributed by atoms with Crippen LogP contribution < -0.4 is 9.47 Å². The van der Waals surface area contributed by atoms with Crippen LogP contribution in [0.5, 0.6) is 17.2 Å².